The van der Waals surface area contributed by atoms with Gasteiger partial charge in [0.25, 0.3) is 5.91 Å². The predicted molar refractivity (Wildman–Crippen MR) is 72.1 cm³/mol. The summed E-state index contributed by atoms with van der Waals surface area (Å²) in [5.41, 5.74) is 2.11. The summed E-state index contributed by atoms with van der Waals surface area (Å²) in [6.07, 6.45) is -0.655. The normalized spacial score (nSPS) is 18.6. The highest BCUT2D eigenvalue weighted by atomic mass is 16.6. The van der Waals surface area contributed by atoms with Crippen molar-refractivity contribution in [1.82, 2.24) is 0 Å². The first-order valence-electron chi connectivity index (χ1n) is 6.34. The van der Waals surface area contributed by atoms with Crippen molar-refractivity contribution in [3.05, 3.63) is 28.8 Å². The molecule has 1 aliphatic rings. The SMILES string of the molecule is Cc1cc(C)c(C(=O)O)cc1NC(=O)[C@H]1COCCO1. The smallest absolute Gasteiger partial charge is 0.336 e. The van der Waals surface area contributed by atoms with E-state index in [-0.39, 0.29) is 18.1 Å². The monoisotopic (exact) mass is 279 g/mol. The predicted octanol–water partition coefficient (Wildman–Crippen LogP) is 1.36. The molecule has 1 aromatic carbocycles. The molecule has 1 heterocycles. The summed E-state index contributed by atoms with van der Waals surface area (Å²) < 4.78 is 10.5. The molecule has 1 fully saturated rings. The van der Waals surface area contributed by atoms with Gasteiger partial charge in [-0.25, -0.2) is 4.79 Å². The van der Waals surface area contributed by atoms with Gasteiger partial charge < -0.3 is 19.9 Å². The number of ether oxygens (including phenoxy) is 2. The molecule has 2 rings (SSSR count). The zero-order valence-corrected chi connectivity index (χ0v) is 11.4. The second-order valence-electron chi connectivity index (χ2n) is 4.71. The van der Waals surface area contributed by atoms with Gasteiger partial charge in [-0.1, -0.05) is 6.07 Å². The number of carboxylic acids is 1. The standard InChI is InChI=1S/C14H17NO5/c1-8-5-9(2)11(6-10(8)14(17)18)15-13(16)12-7-19-3-4-20-12/h5-6,12H,3-4,7H2,1-2H3,(H,15,16)(H,17,18)/t12-/m1/s1. The molecule has 0 bridgehead atoms. The van der Waals surface area contributed by atoms with E-state index in [0.29, 0.717) is 24.5 Å². The summed E-state index contributed by atoms with van der Waals surface area (Å²) in [5.74, 6) is -1.34. The first kappa shape index (κ1) is 14.5. The molecule has 0 spiro atoms. The van der Waals surface area contributed by atoms with E-state index in [1.165, 1.54) is 6.07 Å². The number of hydrogen-bond acceptors (Lipinski definition) is 4. The Kier molecular flexibility index (Phi) is 4.36. The van der Waals surface area contributed by atoms with E-state index < -0.39 is 12.1 Å². The highest BCUT2D eigenvalue weighted by molar-refractivity contribution is 5.97. The molecule has 0 aromatic heterocycles. The summed E-state index contributed by atoms with van der Waals surface area (Å²) in [4.78, 5) is 23.1. The largest absolute Gasteiger partial charge is 0.478 e. The summed E-state index contributed by atoms with van der Waals surface area (Å²) in [5, 5.41) is 11.8. The zero-order chi connectivity index (χ0) is 14.7. The second kappa shape index (κ2) is 6.02. The molecule has 1 amide bonds. The van der Waals surface area contributed by atoms with Crippen molar-refractivity contribution in [3.63, 3.8) is 0 Å². The maximum absolute atomic E-state index is 12.0. The van der Waals surface area contributed by atoms with Crippen LogP contribution in [0.1, 0.15) is 21.5 Å². The van der Waals surface area contributed by atoms with Crippen LogP contribution < -0.4 is 5.32 Å². The molecule has 2 N–H and O–H groups in total. The molecule has 1 aromatic rings. The number of benzene rings is 1. The lowest BCUT2D eigenvalue weighted by Gasteiger charge is -2.22. The van der Waals surface area contributed by atoms with Crippen LogP contribution in [0.15, 0.2) is 12.1 Å². The maximum atomic E-state index is 12.0. The number of rotatable bonds is 3. The Labute approximate surface area is 116 Å². The van der Waals surface area contributed by atoms with E-state index in [0.717, 1.165) is 5.56 Å². The van der Waals surface area contributed by atoms with Gasteiger partial charge >= 0.3 is 5.97 Å². The van der Waals surface area contributed by atoms with Crippen molar-refractivity contribution in [2.45, 2.75) is 20.0 Å². The second-order valence-corrected chi connectivity index (χ2v) is 4.71. The molecule has 108 valence electrons. The summed E-state index contributed by atoms with van der Waals surface area (Å²) in [6.45, 7) is 4.61. The zero-order valence-electron chi connectivity index (χ0n) is 11.4. The summed E-state index contributed by atoms with van der Waals surface area (Å²) >= 11 is 0. The van der Waals surface area contributed by atoms with Crippen LogP contribution in [0.4, 0.5) is 5.69 Å². The van der Waals surface area contributed by atoms with Crippen molar-refractivity contribution in [3.8, 4) is 0 Å². The number of aryl methyl sites for hydroxylation is 2. The van der Waals surface area contributed by atoms with E-state index >= 15 is 0 Å². The highest BCUT2D eigenvalue weighted by Crippen LogP contribution is 2.21. The minimum absolute atomic E-state index is 0.173. The van der Waals surface area contributed by atoms with Gasteiger partial charge in [0.05, 0.1) is 25.4 Å². The number of carboxylic acid groups (broad SMARTS) is 1. The number of nitrogens with one attached hydrogen (secondary N) is 1. The lowest BCUT2D eigenvalue weighted by Crippen LogP contribution is -2.39. The lowest BCUT2D eigenvalue weighted by atomic mass is 10.0. The number of anilines is 1. The Morgan fingerprint density at radius 3 is 2.60 bits per heavy atom. The topological polar surface area (TPSA) is 84.9 Å². The quantitative estimate of drug-likeness (QED) is 0.872. The fourth-order valence-corrected chi connectivity index (χ4v) is 2.07. The van der Waals surface area contributed by atoms with Gasteiger partial charge in [0.1, 0.15) is 0 Å². The Hall–Kier alpha value is -1.92. The van der Waals surface area contributed by atoms with Crippen molar-refractivity contribution in [2.75, 3.05) is 25.1 Å². The average molecular weight is 279 g/mol. The van der Waals surface area contributed by atoms with E-state index in [9.17, 15) is 9.59 Å². The molecule has 0 radical (unpaired) electrons. The van der Waals surface area contributed by atoms with Crippen LogP contribution in [0.25, 0.3) is 0 Å². The van der Waals surface area contributed by atoms with Crippen molar-refractivity contribution in [1.29, 1.82) is 0 Å². The van der Waals surface area contributed by atoms with Gasteiger partial charge in [0.2, 0.25) is 0 Å². The van der Waals surface area contributed by atoms with Gasteiger partial charge in [-0.2, -0.15) is 0 Å². The molecule has 20 heavy (non-hydrogen) atoms. The Morgan fingerprint density at radius 1 is 1.25 bits per heavy atom. The molecule has 1 atom stereocenters. The van der Waals surface area contributed by atoms with E-state index in [2.05, 4.69) is 5.32 Å². The molecule has 1 aliphatic heterocycles. The number of aromatic carboxylic acids is 1. The van der Waals surface area contributed by atoms with Crippen molar-refractivity contribution >= 4 is 17.6 Å². The van der Waals surface area contributed by atoms with Crippen molar-refractivity contribution < 1.29 is 24.2 Å². The van der Waals surface area contributed by atoms with Crippen molar-refractivity contribution in [2.24, 2.45) is 0 Å². The third-order valence-corrected chi connectivity index (χ3v) is 3.17. The number of hydrogen-bond donors (Lipinski definition) is 2. The first-order valence-corrected chi connectivity index (χ1v) is 6.34. The molecule has 6 nitrogen and oxygen atoms in total. The molecular formula is C14H17NO5. The molecular weight excluding hydrogens is 262 g/mol. The third-order valence-electron chi connectivity index (χ3n) is 3.17. The van der Waals surface area contributed by atoms with Gasteiger partial charge in [-0.15, -0.1) is 0 Å². The van der Waals surface area contributed by atoms with Crippen LogP contribution in [-0.4, -0.2) is 42.9 Å². The van der Waals surface area contributed by atoms with E-state index in [1.54, 1.807) is 13.0 Å². The number of carbonyl (C=O) groups is 2. The Balaban J connectivity index is 2.18. The molecule has 6 heteroatoms. The summed E-state index contributed by atoms with van der Waals surface area (Å²) in [7, 11) is 0. The minimum atomic E-state index is -1.02. The molecule has 0 unspecified atom stereocenters. The first-order chi connectivity index (χ1) is 9.49. The highest BCUT2D eigenvalue weighted by Gasteiger charge is 2.23. The van der Waals surface area contributed by atoms with E-state index in [4.69, 9.17) is 14.6 Å². The maximum Gasteiger partial charge on any atom is 0.336 e. The van der Waals surface area contributed by atoms with Gasteiger partial charge in [-0.05, 0) is 31.0 Å². The molecule has 0 aliphatic carbocycles. The average Bonchev–Trinajstić information content (AvgIpc) is 2.42. The van der Waals surface area contributed by atoms with Crippen LogP contribution in [0.3, 0.4) is 0 Å². The Bertz CT molecular complexity index is 535. The number of carbonyl (C=O) groups excluding carboxylic acids is 1. The van der Waals surface area contributed by atoms with Crippen LogP contribution >= 0.6 is 0 Å². The van der Waals surface area contributed by atoms with Crippen LogP contribution in [0.5, 0.6) is 0 Å². The van der Waals surface area contributed by atoms with Gasteiger partial charge in [0.15, 0.2) is 6.10 Å². The van der Waals surface area contributed by atoms with Gasteiger partial charge in [-0.3, -0.25) is 4.79 Å². The fraction of sp³-hybridized carbons (Fsp3) is 0.429. The van der Waals surface area contributed by atoms with E-state index in [1.807, 2.05) is 6.92 Å². The number of amides is 1. The van der Waals surface area contributed by atoms with Gasteiger partial charge in [0, 0.05) is 5.69 Å². The fourth-order valence-electron chi connectivity index (χ4n) is 2.07. The summed E-state index contributed by atoms with van der Waals surface area (Å²) in [6, 6.07) is 3.20. The minimum Gasteiger partial charge on any atom is -0.478 e. The molecule has 1 saturated heterocycles. The third kappa shape index (κ3) is 3.15. The lowest BCUT2D eigenvalue weighted by molar-refractivity contribution is -0.142. The molecule has 0 saturated carbocycles. The Morgan fingerprint density at radius 2 is 2.00 bits per heavy atom. The van der Waals surface area contributed by atoms with Crippen LogP contribution in [0, 0.1) is 13.8 Å². The van der Waals surface area contributed by atoms with Crippen LogP contribution in [0.2, 0.25) is 0 Å². The van der Waals surface area contributed by atoms with Crippen LogP contribution in [-0.2, 0) is 14.3 Å².